The summed E-state index contributed by atoms with van der Waals surface area (Å²) in [5.74, 6) is -0.503. The van der Waals surface area contributed by atoms with Crippen LogP contribution in [0, 0.1) is 26.8 Å². The topological polar surface area (TPSA) is 81.3 Å². The molecule has 0 radical (unpaired) electrons. The van der Waals surface area contributed by atoms with Gasteiger partial charge in [-0.2, -0.15) is 5.10 Å². The first-order valence-electron chi connectivity index (χ1n) is 11.5. The van der Waals surface area contributed by atoms with Crippen molar-refractivity contribution in [3.63, 3.8) is 0 Å². The van der Waals surface area contributed by atoms with Gasteiger partial charge in [-0.3, -0.25) is 14.9 Å². The van der Waals surface area contributed by atoms with E-state index in [0.717, 1.165) is 19.3 Å². The molecule has 5 rings (SSSR count). The van der Waals surface area contributed by atoms with Gasteiger partial charge in [-0.05, 0) is 66.5 Å². The lowest BCUT2D eigenvalue weighted by Gasteiger charge is -2.39. The number of carbonyl (C=O) groups excluding carboxylic acids is 1. The second-order valence-electron chi connectivity index (χ2n) is 10.8. The number of halogens is 1. The van der Waals surface area contributed by atoms with Gasteiger partial charge in [-0.1, -0.05) is 26.8 Å². The maximum atomic E-state index is 13.9. The molecule has 1 saturated heterocycles. The van der Waals surface area contributed by atoms with Crippen LogP contribution < -0.4 is 0 Å². The number of non-ortho nitro benzene ring substituents is 1. The zero-order chi connectivity index (χ0) is 24.3. The molecular weight excluding hydrogens is 435 g/mol. The molecule has 8 heteroatoms. The van der Waals surface area contributed by atoms with Crippen LogP contribution in [0.3, 0.4) is 0 Å². The molecule has 0 N–H and O–H groups in total. The van der Waals surface area contributed by atoms with Crippen molar-refractivity contribution in [3.8, 4) is 16.9 Å². The molecule has 2 atom stereocenters. The van der Waals surface area contributed by atoms with Gasteiger partial charge in [0.2, 0.25) is 0 Å². The Morgan fingerprint density at radius 3 is 2.56 bits per heavy atom. The van der Waals surface area contributed by atoms with E-state index in [1.807, 2.05) is 4.90 Å². The van der Waals surface area contributed by atoms with Crippen molar-refractivity contribution in [3.05, 3.63) is 76.2 Å². The van der Waals surface area contributed by atoms with Crippen LogP contribution in [0.25, 0.3) is 16.9 Å². The monoisotopic (exact) mass is 462 g/mol. The summed E-state index contributed by atoms with van der Waals surface area (Å²) in [5.41, 5.74) is 2.08. The smallest absolute Gasteiger partial charge is 0.272 e. The zero-order valence-corrected chi connectivity index (χ0v) is 19.5. The molecule has 1 aliphatic carbocycles. The van der Waals surface area contributed by atoms with Crippen molar-refractivity contribution in [2.75, 3.05) is 6.54 Å². The number of rotatable bonds is 4. The number of amides is 1. The number of nitro groups is 1. The third kappa shape index (κ3) is 3.97. The van der Waals surface area contributed by atoms with E-state index in [1.165, 1.54) is 28.9 Å². The second-order valence-corrected chi connectivity index (χ2v) is 10.8. The van der Waals surface area contributed by atoms with Gasteiger partial charge in [0.15, 0.2) is 0 Å². The van der Waals surface area contributed by atoms with Gasteiger partial charge in [0, 0.05) is 30.3 Å². The molecule has 2 aromatic carbocycles. The number of benzene rings is 2. The first kappa shape index (κ1) is 22.3. The highest BCUT2D eigenvalue weighted by Gasteiger charge is 2.51. The maximum absolute atomic E-state index is 13.9. The average molecular weight is 463 g/mol. The highest BCUT2D eigenvalue weighted by atomic mass is 19.1. The largest absolute Gasteiger partial charge is 0.334 e. The predicted molar refractivity (Wildman–Crippen MR) is 126 cm³/mol. The van der Waals surface area contributed by atoms with Crippen LogP contribution in [0.1, 0.15) is 50.5 Å². The van der Waals surface area contributed by atoms with Crippen molar-refractivity contribution < 1.29 is 14.1 Å². The first-order chi connectivity index (χ1) is 16.0. The summed E-state index contributed by atoms with van der Waals surface area (Å²) in [6.45, 7) is 7.43. The molecule has 1 amide bonds. The lowest BCUT2D eigenvalue weighted by Crippen LogP contribution is -2.38. The SMILES string of the molecule is CC1(C)CC2CC(C)(CN2C(=O)c2cc(-c3ccc(F)cc3)nn2-c2cccc([N+](=O)[O-])c2)C1. The molecule has 2 bridgehead atoms. The molecule has 7 nitrogen and oxygen atoms in total. The number of nitrogens with zero attached hydrogens (tertiary/aromatic N) is 4. The average Bonchev–Trinajstić information content (AvgIpc) is 3.32. The van der Waals surface area contributed by atoms with E-state index in [9.17, 15) is 19.3 Å². The van der Waals surface area contributed by atoms with Gasteiger partial charge in [-0.15, -0.1) is 0 Å². The summed E-state index contributed by atoms with van der Waals surface area (Å²) < 4.78 is 15.0. The number of hydrogen-bond donors (Lipinski definition) is 0. The molecule has 1 aromatic heterocycles. The predicted octanol–water partition coefficient (Wildman–Crippen LogP) is 5.63. The molecule has 3 aromatic rings. The summed E-state index contributed by atoms with van der Waals surface area (Å²) in [5, 5.41) is 16.0. The number of hydrogen-bond acceptors (Lipinski definition) is 4. The fourth-order valence-electron chi connectivity index (χ4n) is 6.07. The van der Waals surface area contributed by atoms with Crippen LogP contribution in [-0.2, 0) is 0 Å². The van der Waals surface area contributed by atoms with Crippen molar-refractivity contribution >= 4 is 11.6 Å². The molecular formula is C26H27FN4O3. The fourth-order valence-corrected chi connectivity index (χ4v) is 6.07. The Kier molecular flexibility index (Phi) is 5.07. The second kappa shape index (κ2) is 7.75. The summed E-state index contributed by atoms with van der Waals surface area (Å²) in [4.78, 5) is 26.8. The lowest BCUT2D eigenvalue weighted by molar-refractivity contribution is -0.384. The van der Waals surface area contributed by atoms with E-state index in [4.69, 9.17) is 0 Å². The minimum Gasteiger partial charge on any atom is -0.334 e. The normalized spacial score (nSPS) is 23.2. The number of likely N-dealkylation sites (tertiary alicyclic amines) is 1. The van der Waals surface area contributed by atoms with Crippen molar-refractivity contribution in [2.45, 2.75) is 46.1 Å². The molecule has 2 aliphatic rings. The maximum Gasteiger partial charge on any atom is 0.272 e. The molecule has 1 saturated carbocycles. The molecule has 1 aliphatic heterocycles. The minimum absolute atomic E-state index is 0.0677. The first-order valence-corrected chi connectivity index (χ1v) is 11.5. The fraction of sp³-hybridized carbons (Fsp3) is 0.385. The number of nitro benzene ring substituents is 1. The Labute approximate surface area is 197 Å². The van der Waals surface area contributed by atoms with E-state index in [-0.39, 0.29) is 34.3 Å². The van der Waals surface area contributed by atoms with Crippen molar-refractivity contribution in [2.24, 2.45) is 10.8 Å². The molecule has 34 heavy (non-hydrogen) atoms. The summed E-state index contributed by atoms with van der Waals surface area (Å²) in [7, 11) is 0. The summed E-state index contributed by atoms with van der Waals surface area (Å²) in [6, 6.07) is 13.8. The minimum atomic E-state index is -0.470. The zero-order valence-electron chi connectivity index (χ0n) is 19.5. The standard InChI is InChI=1S/C26H27FN4O3/c1-25(2)13-21-14-26(3,15-25)16-29(21)24(32)23-12-22(17-7-9-18(27)10-8-17)28-30(23)19-5-4-6-20(11-19)31(33)34/h4-12,21H,13-16H2,1-3H3. The van der Waals surface area contributed by atoms with E-state index in [0.29, 0.717) is 29.2 Å². The number of aromatic nitrogens is 2. The van der Waals surface area contributed by atoms with Crippen molar-refractivity contribution in [1.82, 2.24) is 14.7 Å². The Hall–Kier alpha value is -3.55. The van der Waals surface area contributed by atoms with E-state index < -0.39 is 4.92 Å². The van der Waals surface area contributed by atoms with E-state index >= 15 is 0 Å². The van der Waals surface area contributed by atoms with Crippen LogP contribution >= 0.6 is 0 Å². The Morgan fingerprint density at radius 2 is 1.85 bits per heavy atom. The number of fused-ring (bicyclic) bond motifs is 2. The van der Waals surface area contributed by atoms with Crippen LogP contribution in [0.15, 0.2) is 54.6 Å². The van der Waals surface area contributed by atoms with Gasteiger partial charge in [-0.25, -0.2) is 9.07 Å². The lowest BCUT2D eigenvalue weighted by atomic mass is 9.65. The van der Waals surface area contributed by atoms with Crippen molar-refractivity contribution in [1.29, 1.82) is 0 Å². The molecule has 176 valence electrons. The highest BCUT2D eigenvalue weighted by molar-refractivity contribution is 5.95. The van der Waals surface area contributed by atoms with Gasteiger partial charge in [0.05, 0.1) is 16.3 Å². The quantitative estimate of drug-likeness (QED) is 0.372. The molecule has 2 fully saturated rings. The Bertz CT molecular complexity index is 1280. The van der Waals surface area contributed by atoms with Gasteiger partial charge >= 0.3 is 0 Å². The number of carbonyl (C=O) groups is 1. The third-order valence-corrected chi connectivity index (χ3v) is 7.03. The molecule has 0 spiro atoms. The summed E-state index contributed by atoms with van der Waals surface area (Å²) >= 11 is 0. The third-order valence-electron chi connectivity index (χ3n) is 7.03. The van der Waals surface area contributed by atoms with Crippen LogP contribution in [-0.4, -0.2) is 38.1 Å². The van der Waals surface area contributed by atoms with Crippen LogP contribution in [0.2, 0.25) is 0 Å². The van der Waals surface area contributed by atoms with E-state index in [1.54, 1.807) is 30.3 Å². The highest BCUT2D eigenvalue weighted by Crippen LogP contribution is 2.52. The van der Waals surface area contributed by atoms with Gasteiger partial charge < -0.3 is 4.90 Å². The van der Waals surface area contributed by atoms with E-state index in [2.05, 4.69) is 25.9 Å². The van der Waals surface area contributed by atoms with Crippen LogP contribution in [0.4, 0.5) is 10.1 Å². The van der Waals surface area contributed by atoms with Gasteiger partial charge in [0.1, 0.15) is 11.5 Å². The Balaban J connectivity index is 1.59. The molecule has 2 heterocycles. The molecule has 2 unspecified atom stereocenters. The summed E-state index contributed by atoms with van der Waals surface area (Å²) in [6.07, 6.45) is 2.97. The van der Waals surface area contributed by atoms with Gasteiger partial charge in [0.25, 0.3) is 11.6 Å². The van der Waals surface area contributed by atoms with Crippen LogP contribution in [0.5, 0.6) is 0 Å². The Morgan fingerprint density at radius 1 is 1.12 bits per heavy atom.